The molecule has 0 spiro atoms. The smallest absolute Gasteiger partial charge is 0.269 e. The largest absolute Gasteiger partial charge is 0.364 e. The third-order valence-corrected chi connectivity index (χ3v) is 7.60. The van der Waals surface area contributed by atoms with E-state index in [1.807, 2.05) is 13.0 Å². The number of amides is 1. The van der Waals surface area contributed by atoms with Crippen LogP contribution in [0.5, 0.6) is 0 Å². The molecule has 3 heterocycles. The van der Waals surface area contributed by atoms with Crippen LogP contribution in [0.15, 0.2) is 60.8 Å². The lowest BCUT2D eigenvalue weighted by Crippen LogP contribution is -2.12. The predicted molar refractivity (Wildman–Crippen MR) is 130 cm³/mol. The number of hydrogen-bond donors (Lipinski definition) is 2. The van der Waals surface area contributed by atoms with Gasteiger partial charge in [-0.1, -0.05) is 24.3 Å². The Morgan fingerprint density at radius 3 is 2.52 bits per heavy atom. The number of primary amides is 1. The fourth-order valence-corrected chi connectivity index (χ4v) is 5.84. The maximum Gasteiger partial charge on any atom is 0.269 e. The zero-order chi connectivity index (χ0) is 22.5. The van der Waals surface area contributed by atoms with Crippen molar-refractivity contribution < 1.29 is 4.79 Å². The molecular formula is C27H29N5O. The van der Waals surface area contributed by atoms with Gasteiger partial charge in [-0.3, -0.25) is 4.79 Å². The third-order valence-electron chi connectivity index (χ3n) is 7.60. The van der Waals surface area contributed by atoms with Gasteiger partial charge in [0.2, 0.25) is 0 Å². The molecule has 168 valence electrons. The Labute approximate surface area is 193 Å². The summed E-state index contributed by atoms with van der Waals surface area (Å²) in [5.74, 6) is 1.96. The van der Waals surface area contributed by atoms with Crippen LogP contribution in [0, 0.1) is 18.8 Å². The summed E-state index contributed by atoms with van der Waals surface area (Å²) in [6.07, 6.45) is 4.80. The summed E-state index contributed by atoms with van der Waals surface area (Å²) in [7, 11) is 0. The zero-order valence-corrected chi connectivity index (χ0v) is 18.9. The minimum Gasteiger partial charge on any atom is -0.364 e. The molecule has 3 atom stereocenters. The van der Waals surface area contributed by atoms with Crippen molar-refractivity contribution >= 4 is 16.8 Å². The molecule has 33 heavy (non-hydrogen) atoms. The monoisotopic (exact) mass is 439 g/mol. The van der Waals surface area contributed by atoms with E-state index >= 15 is 0 Å². The van der Waals surface area contributed by atoms with Crippen LogP contribution in [-0.2, 0) is 6.54 Å². The fraction of sp³-hybridized carbons (Fsp3) is 0.333. The standard InChI is InChI=1S/C27H29N5O/c1-17-10-25(27(28)33)30-32(17)24-6-7-26-20(13-24)8-9-31(26)16-18-2-4-19(5-3-18)21-11-22-14-29-15-23(22)12-21/h2-10,13,21-23,29H,11-12,14-16H2,1H3,(H2,28,33)/t21-,22+,23-. The van der Waals surface area contributed by atoms with E-state index in [1.54, 1.807) is 10.7 Å². The topological polar surface area (TPSA) is 77.9 Å². The second kappa shape index (κ2) is 7.89. The molecular weight excluding hydrogens is 410 g/mol. The summed E-state index contributed by atoms with van der Waals surface area (Å²) in [6.45, 7) is 5.17. The molecule has 1 saturated carbocycles. The normalized spacial score (nSPS) is 22.2. The van der Waals surface area contributed by atoms with Crippen molar-refractivity contribution in [1.82, 2.24) is 19.7 Å². The Morgan fingerprint density at radius 2 is 1.82 bits per heavy atom. The Morgan fingerprint density at radius 1 is 1.06 bits per heavy atom. The van der Waals surface area contributed by atoms with Crippen LogP contribution in [0.25, 0.3) is 16.6 Å². The molecule has 6 nitrogen and oxygen atoms in total. The van der Waals surface area contributed by atoms with Crippen LogP contribution in [0.4, 0.5) is 0 Å². The highest BCUT2D eigenvalue weighted by molar-refractivity contribution is 5.91. The van der Waals surface area contributed by atoms with Crippen LogP contribution < -0.4 is 11.1 Å². The minimum absolute atomic E-state index is 0.283. The van der Waals surface area contributed by atoms with Gasteiger partial charge in [0.05, 0.1) is 5.69 Å². The summed E-state index contributed by atoms with van der Waals surface area (Å²) in [6, 6.07) is 19.4. The van der Waals surface area contributed by atoms with Gasteiger partial charge in [0.1, 0.15) is 0 Å². The second-order valence-corrected chi connectivity index (χ2v) is 9.72. The number of hydrogen-bond acceptors (Lipinski definition) is 3. The number of nitrogens with one attached hydrogen (secondary N) is 1. The number of fused-ring (bicyclic) bond motifs is 2. The van der Waals surface area contributed by atoms with E-state index in [2.05, 4.69) is 63.6 Å². The average molecular weight is 440 g/mol. The first kappa shape index (κ1) is 20.2. The quantitative estimate of drug-likeness (QED) is 0.493. The molecule has 1 amide bonds. The highest BCUT2D eigenvalue weighted by atomic mass is 16.1. The molecule has 2 aromatic carbocycles. The lowest BCUT2D eigenvalue weighted by molar-refractivity contribution is 0.0995. The van der Waals surface area contributed by atoms with Crippen molar-refractivity contribution in [2.24, 2.45) is 17.6 Å². The molecule has 0 radical (unpaired) electrons. The van der Waals surface area contributed by atoms with E-state index in [9.17, 15) is 4.79 Å². The summed E-state index contributed by atoms with van der Waals surface area (Å²) < 4.78 is 4.05. The number of carbonyl (C=O) groups is 1. The highest BCUT2D eigenvalue weighted by Crippen LogP contribution is 2.43. The van der Waals surface area contributed by atoms with Crippen LogP contribution >= 0.6 is 0 Å². The van der Waals surface area contributed by atoms with Gasteiger partial charge in [0, 0.05) is 29.3 Å². The van der Waals surface area contributed by atoms with E-state index in [4.69, 9.17) is 5.73 Å². The molecule has 0 unspecified atom stereocenters. The fourth-order valence-electron chi connectivity index (χ4n) is 5.84. The van der Waals surface area contributed by atoms with Crippen LogP contribution in [0.2, 0.25) is 0 Å². The van der Waals surface area contributed by atoms with Gasteiger partial charge in [-0.15, -0.1) is 0 Å². The number of nitrogens with zero attached hydrogens (tertiary/aromatic N) is 3. The van der Waals surface area contributed by atoms with Crippen molar-refractivity contribution in [3.05, 3.63) is 83.3 Å². The van der Waals surface area contributed by atoms with Gasteiger partial charge in [0.15, 0.2) is 5.69 Å². The molecule has 1 aliphatic carbocycles. The number of carbonyl (C=O) groups excluding carboxylic acids is 1. The van der Waals surface area contributed by atoms with Crippen molar-refractivity contribution in [2.45, 2.75) is 32.2 Å². The first-order chi connectivity index (χ1) is 16.0. The minimum atomic E-state index is -0.511. The van der Waals surface area contributed by atoms with Crippen molar-refractivity contribution in [2.75, 3.05) is 13.1 Å². The summed E-state index contributed by atoms with van der Waals surface area (Å²) >= 11 is 0. The molecule has 1 aliphatic heterocycles. The molecule has 6 rings (SSSR count). The Balaban J connectivity index is 1.20. The van der Waals surface area contributed by atoms with Gasteiger partial charge in [-0.25, -0.2) is 4.68 Å². The van der Waals surface area contributed by atoms with Gasteiger partial charge in [-0.05, 0) is 92.1 Å². The average Bonchev–Trinajstić information content (AvgIpc) is 3.57. The molecule has 3 N–H and O–H groups in total. The molecule has 2 aliphatic rings. The maximum absolute atomic E-state index is 11.5. The van der Waals surface area contributed by atoms with Crippen molar-refractivity contribution in [3.8, 4) is 5.69 Å². The van der Waals surface area contributed by atoms with Gasteiger partial charge < -0.3 is 15.6 Å². The SMILES string of the molecule is Cc1cc(C(N)=O)nn1-c1ccc2c(ccn2Cc2ccc([C@@H]3C[C@H]4CNC[C@H]4C3)cc2)c1. The van der Waals surface area contributed by atoms with E-state index in [0.29, 0.717) is 0 Å². The predicted octanol–water partition coefficient (Wildman–Crippen LogP) is 4.00. The Kier molecular flexibility index (Phi) is 4.84. The molecule has 4 aromatic rings. The molecule has 2 fully saturated rings. The van der Waals surface area contributed by atoms with Gasteiger partial charge >= 0.3 is 0 Å². The number of nitrogens with two attached hydrogens (primary N) is 1. The first-order valence-corrected chi connectivity index (χ1v) is 11.8. The van der Waals surface area contributed by atoms with Crippen molar-refractivity contribution in [3.63, 3.8) is 0 Å². The number of benzene rings is 2. The number of aromatic nitrogens is 3. The lowest BCUT2D eigenvalue weighted by Gasteiger charge is -2.13. The zero-order valence-electron chi connectivity index (χ0n) is 18.9. The lowest BCUT2D eigenvalue weighted by atomic mass is 9.95. The Bertz CT molecular complexity index is 1320. The van der Waals surface area contributed by atoms with Gasteiger partial charge in [-0.2, -0.15) is 5.10 Å². The third kappa shape index (κ3) is 3.64. The summed E-state index contributed by atoms with van der Waals surface area (Å²) in [5.41, 5.74) is 11.5. The summed E-state index contributed by atoms with van der Waals surface area (Å²) in [4.78, 5) is 11.5. The van der Waals surface area contributed by atoms with E-state index < -0.39 is 5.91 Å². The first-order valence-electron chi connectivity index (χ1n) is 11.8. The maximum atomic E-state index is 11.5. The number of aryl methyl sites for hydroxylation is 1. The van der Waals surface area contributed by atoms with Gasteiger partial charge in [0.25, 0.3) is 5.91 Å². The van der Waals surface area contributed by atoms with Crippen LogP contribution in [0.3, 0.4) is 0 Å². The van der Waals surface area contributed by atoms with Crippen molar-refractivity contribution in [1.29, 1.82) is 0 Å². The molecule has 6 heteroatoms. The van der Waals surface area contributed by atoms with Crippen LogP contribution in [0.1, 0.15) is 46.1 Å². The highest BCUT2D eigenvalue weighted by Gasteiger charge is 2.37. The second-order valence-electron chi connectivity index (χ2n) is 9.72. The van der Waals surface area contributed by atoms with E-state index in [1.165, 1.54) is 42.6 Å². The molecule has 1 saturated heterocycles. The van der Waals surface area contributed by atoms with E-state index in [0.717, 1.165) is 41.1 Å². The number of rotatable bonds is 5. The molecule has 2 aromatic heterocycles. The Hall–Kier alpha value is -3.38. The van der Waals surface area contributed by atoms with Crippen LogP contribution in [-0.4, -0.2) is 33.3 Å². The van der Waals surface area contributed by atoms with E-state index in [-0.39, 0.29) is 5.69 Å². The molecule has 0 bridgehead atoms. The summed E-state index contributed by atoms with van der Waals surface area (Å²) in [5, 5.41) is 9.04.